The topological polar surface area (TPSA) is 71.4 Å². The summed E-state index contributed by atoms with van der Waals surface area (Å²) in [4.78, 5) is 6.69. The lowest BCUT2D eigenvalue weighted by Gasteiger charge is -2.05. The predicted molar refractivity (Wildman–Crippen MR) is 101 cm³/mol. The van der Waals surface area contributed by atoms with Crippen LogP contribution in [0.2, 0.25) is 5.15 Å². The largest absolute Gasteiger partial charge is 0.276 e. The van der Waals surface area contributed by atoms with Crippen molar-refractivity contribution in [1.29, 1.82) is 0 Å². The SMILES string of the molecule is Cc1ccc(S(=O)(=O)N/N=C/c2cc3cccc(C)c3nc2Cl)cc1. The van der Waals surface area contributed by atoms with Gasteiger partial charge >= 0.3 is 0 Å². The van der Waals surface area contributed by atoms with E-state index in [9.17, 15) is 8.42 Å². The number of benzene rings is 2. The van der Waals surface area contributed by atoms with Crippen molar-refractivity contribution in [1.82, 2.24) is 9.82 Å². The first-order chi connectivity index (χ1) is 11.9. The maximum absolute atomic E-state index is 12.2. The number of para-hydroxylation sites is 1. The number of pyridine rings is 1. The average molecular weight is 374 g/mol. The third-order valence-corrected chi connectivity index (χ3v) is 5.28. The van der Waals surface area contributed by atoms with Crippen molar-refractivity contribution in [3.05, 3.63) is 70.4 Å². The fourth-order valence-corrected chi connectivity index (χ4v) is 3.35. The number of aryl methyl sites for hydroxylation is 2. The summed E-state index contributed by atoms with van der Waals surface area (Å²) in [5, 5.41) is 4.99. The van der Waals surface area contributed by atoms with Gasteiger partial charge in [0.05, 0.1) is 16.6 Å². The van der Waals surface area contributed by atoms with Crippen LogP contribution in [0.3, 0.4) is 0 Å². The number of aromatic nitrogens is 1. The van der Waals surface area contributed by atoms with E-state index in [0.717, 1.165) is 22.0 Å². The van der Waals surface area contributed by atoms with E-state index >= 15 is 0 Å². The van der Waals surface area contributed by atoms with Crippen LogP contribution in [0.15, 0.2) is 58.5 Å². The minimum Gasteiger partial charge on any atom is -0.235 e. The van der Waals surface area contributed by atoms with Gasteiger partial charge in [-0.3, -0.25) is 0 Å². The highest BCUT2D eigenvalue weighted by Gasteiger charge is 2.12. The Kier molecular flexibility index (Phi) is 4.74. The zero-order chi connectivity index (χ0) is 18.0. The zero-order valence-corrected chi connectivity index (χ0v) is 15.3. The monoisotopic (exact) mass is 373 g/mol. The molecule has 0 aliphatic heterocycles. The molecular weight excluding hydrogens is 358 g/mol. The number of hydrazone groups is 1. The molecule has 1 aromatic heterocycles. The second-order valence-corrected chi connectivity index (χ2v) is 7.70. The standard InChI is InChI=1S/C18H16ClN3O2S/c1-12-6-8-16(9-7-12)25(23,24)22-20-11-15-10-14-5-3-4-13(2)17(14)21-18(15)19/h3-11,22H,1-2H3/b20-11+. The Morgan fingerprint density at radius 3 is 2.56 bits per heavy atom. The van der Waals surface area contributed by atoms with E-state index in [4.69, 9.17) is 11.6 Å². The molecular formula is C18H16ClN3O2S. The third-order valence-electron chi connectivity index (χ3n) is 3.74. The maximum Gasteiger partial charge on any atom is 0.276 e. The summed E-state index contributed by atoms with van der Waals surface area (Å²) in [5.41, 5.74) is 3.34. The molecule has 0 saturated carbocycles. The highest BCUT2D eigenvalue weighted by atomic mass is 35.5. The summed E-state index contributed by atoms with van der Waals surface area (Å²) in [7, 11) is -3.72. The Morgan fingerprint density at radius 1 is 1.12 bits per heavy atom. The van der Waals surface area contributed by atoms with Crippen molar-refractivity contribution in [3.63, 3.8) is 0 Å². The van der Waals surface area contributed by atoms with Gasteiger partial charge in [-0.05, 0) is 37.6 Å². The number of nitrogens with one attached hydrogen (secondary N) is 1. The molecule has 0 amide bonds. The molecule has 5 nitrogen and oxygen atoms in total. The third kappa shape index (κ3) is 3.81. The maximum atomic E-state index is 12.2. The lowest BCUT2D eigenvalue weighted by Crippen LogP contribution is -2.18. The first-order valence-electron chi connectivity index (χ1n) is 7.54. The molecule has 0 aliphatic carbocycles. The quantitative estimate of drug-likeness (QED) is 0.429. The summed E-state index contributed by atoms with van der Waals surface area (Å²) in [6.07, 6.45) is 1.35. The van der Waals surface area contributed by atoms with Crippen LogP contribution < -0.4 is 4.83 Å². The number of fused-ring (bicyclic) bond motifs is 1. The Morgan fingerprint density at radius 2 is 1.84 bits per heavy atom. The smallest absolute Gasteiger partial charge is 0.235 e. The van der Waals surface area contributed by atoms with Crippen LogP contribution >= 0.6 is 11.6 Å². The fourth-order valence-electron chi connectivity index (χ4n) is 2.37. The van der Waals surface area contributed by atoms with Crippen LogP contribution in [-0.2, 0) is 10.0 Å². The fraction of sp³-hybridized carbons (Fsp3) is 0.111. The molecule has 7 heteroatoms. The van der Waals surface area contributed by atoms with Crippen LogP contribution in [0, 0.1) is 13.8 Å². The Balaban J connectivity index is 1.86. The molecule has 0 bridgehead atoms. The summed E-state index contributed by atoms with van der Waals surface area (Å²) in [5.74, 6) is 0. The van der Waals surface area contributed by atoms with Crippen LogP contribution in [0.25, 0.3) is 10.9 Å². The van der Waals surface area contributed by atoms with Crippen LogP contribution in [0.1, 0.15) is 16.7 Å². The van der Waals surface area contributed by atoms with E-state index in [1.807, 2.05) is 38.1 Å². The van der Waals surface area contributed by atoms with E-state index < -0.39 is 10.0 Å². The van der Waals surface area contributed by atoms with Crippen molar-refractivity contribution in [2.45, 2.75) is 18.7 Å². The molecule has 128 valence electrons. The van der Waals surface area contributed by atoms with Gasteiger partial charge in [-0.1, -0.05) is 47.5 Å². The minimum atomic E-state index is -3.72. The predicted octanol–water partition coefficient (Wildman–Crippen LogP) is 3.82. The molecule has 3 aromatic rings. The number of rotatable bonds is 4. The number of sulfonamides is 1. The molecule has 0 atom stereocenters. The van der Waals surface area contributed by atoms with Gasteiger partial charge in [0.2, 0.25) is 0 Å². The van der Waals surface area contributed by atoms with Gasteiger partial charge in [-0.15, -0.1) is 0 Å². The molecule has 0 saturated heterocycles. The zero-order valence-electron chi connectivity index (χ0n) is 13.7. The minimum absolute atomic E-state index is 0.147. The van der Waals surface area contributed by atoms with Gasteiger partial charge < -0.3 is 0 Å². The van der Waals surface area contributed by atoms with Crippen molar-refractivity contribution >= 4 is 38.7 Å². The number of hydrogen-bond donors (Lipinski definition) is 1. The molecule has 2 aromatic carbocycles. The van der Waals surface area contributed by atoms with E-state index in [-0.39, 0.29) is 10.0 Å². The first-order valence-corrected chi connectivity index (χ1v) is 9.40. The van der Waals surface area contributed by atoms with Crippen LogP contribution in [0.4, 0.5) is 0 Å². The summed E-state index contributed by atoms with van der Waals surface area (Å²) < 4.78 is 24.4. The first kappa shape index (κ1) is 17.4. The van der Waals surface area contributed by atoms with Crippen molar-refractivity contribution in [2.75, 3.05) is 0 Å². The second-order valence-electron chi connectivity index (χ2n) is 5.68. The Hall–Kier alpha value is -2.44. The molecule has 1 heterocycles. The molecule has 0 spiro atoms. The number of hydrogen-bond acceptors (Lipinski definition) is 4. The van der Waals surface area contributed by atoms with Gasteiger partial charge in [0.1, 0.15) is 5.15 Å². The Labute approximate surface area is 151 Å². The van der Waals surface area contributed by atoms with Gasteiger partial charge in [0, 0.05) is 10.9 Å². The van der Waals surface area contributed by atoms with Gasteiger partial charge in [0.25, 0.3) is 10.0 Å². The average Bonchev–Trinajstić information content (AvgIpc) is 2.56. The summed E-state index contributed by atoms with van der Waals surface area (Å²) in [6, 6.07) is 14.1. The van der Waals surface area contributed by atoms with E-state index in [1.165, 1.54) is 18.3 Å². The molecule has 0 aliphatic rings. The van der Waals surface area contributed by atoms with E-state index in [1.54, 1.807) is 12.1 Å². The highest BCUT2D eigenvalue weighted by molar-refractivity contribution is 7.89. The van der Waals surface area contributed by atoms with Gasteiger partial charge in [-0.2, -0.15) is 13.5 Å². The number of nitrogens with zero attached hydrogens (tertiary/aromatic N) is 2. The highest BCUT2D eigenvalue weighted by Crippen LogP contribution is 2.21. The van der Waals surface area contributed by atoms with Gasteiger partial charge in [0.15, 0.2) is 0 Å². The van der Waals surface area contributed by atoms with E-state index in [0.29, 0.717) is 5.56 Å². The van der Waals surface area contributed by atoms with Crippen molar-refractivity contribution < 1.29 is 8.42 Å². The molecule has 25 heavy (non-hydrogen) atoms. The second kappa shape index (κ2) is 6.82. The molecule has 3 rings (SSSR count). The normalized spacial score (nSPS) is 12.0. The molecule has 0 radical (unpaired) electrons. The summed E-state index contributed by atoms with van der Waals surface area (Å²) >= 11 is 6.18. The lowest BCUT2D eigenvalue weighted by atomic mass is 10.1. The number of halogens is 1. The van der Waals surface area contributed by atoms with Crippen LogP contribution in [-0.4, -0.2) is 19.6 Å². The Bertz CT molecular complexity index is 1060. The molecule has 0 unspecified atom stereocenters. The lowest BCUT2D eigenvalue weighted by molar-refractivity contribution is 0.584. The molecule has 1 N–H and O–H groups in total. The van der Waals surface area contributed by atoms with Gasteiger partial charge in [-0.25, -0.2) is 9.82 Å². The molecule has 0 fully saturated rings. The summed E-state index contributed by atoms with van der Waals surface area (Å²) in [6.45, 7) is 3.84. The van der Waals surface area contributed by atoms with Crippen LogP contribution in [0.5, 0.6) is 0 Å². The van der Waals surface area contributed by atoms with Crippen molar-refractivity contribution in [2.24, 2.45) is 5.10 Å². The van der Waals surface area contributed by atoms with Crippen molar-refractivity contribution in [3.8, 4) is 0 Å². The van der Waals surface area contributed by atoms with E-state index in [2.05, 4.69) is 14.9 Å².